The maximum atomic E-state index is 12.9. The minimum atomic E-state index is -3.59. The van der Waals surface area contributed by atoms with Gasteiger partial charge in [0.15, 0.2) is 9.84 Å². The number of carbonyl (C=O) groups is 1. The molecule has 1 amide bonds. The molecule has 2 aromatic carbocycles. The summed E-state index contributed by atoms with van der Waals surface area (Å²) in [5, 5.41) is 6.99. The van der Waals surface area contributed by atoms with Gasteiger partial charge in [-0.3, -0.25) is 4.79 Å². The largest absolute Gasteiger partial charge is 0.351 e. The molecule has 0 aliphatic heterocycles. The van der Waals surface area contributed by atoms with Crippen molar-refractivity contribution in [3.63, 3.8) is 0 Å². The molecule has 3 aromatic rings. The summed E-state index contributed by atoms with van der Waals surface area (Å²) >= 11 is 0. The average molecular weight is 401 g/mol. The average Bonchev–Trinajstić information content (AvgIpc) is 3.00. The Labute approximate surface area is 162 Å². The zero-order chi connectivity index (χ0) is 20.3. The van der Waals surface area contributed by atoms with Gasteiger partial charge in [-0.25, -0.2) is 17.5 Å². The van der Waals surface area contributed by atoms with Gasteiger partial charge >= 0.3 is 0 Å². The van der Waals surface area contributed by atoms with E-state index in [1.54, 1.807) is 28.9 Å². The third-order valence-corrected chi connectivity index (χ3v) is 5.94. The molecular weight excluding hydrogens is 381 g/mol. The topological polar surface area (TPSA) is 81.1 Å². The second kappa shape index (κ2) is 7.93. The standard InChI is InChI=1S/C20H20FN3O3S/c1-14-13-15(2)24(23-14)18-7-3-16(4-8-18)20(25)22-11-12-28(26,27)19-9-5-17(21)6-10-19/h3-10,13H,11-12H2,1-2H3,(H,22,25). The highest BCUT2D eigenvalue weighted by molar-refractivity contribution is 7.91. The van der Waals surface area contributed by atoms with Crippen LogP contribution in [0.5, 0.6) is 0 Å². The van der Waals surface area contributed by atoms with Gasteiger partial charge in [-0.15, -0.1) is 0 Å². The summed E-state index contributed by atoms with van der Waals surface area (Å²) in [6, 6.07) is 13.5. The molecule has 6 nitrogen and oxygen atoms in total. The first-order valence-electron chi connectivity index (χ1n) is 8.66. The molecule has 0 aliphatic carbocycles. The number of hydrogen-bond donors (Lipinski definition) is 1. The zero-order valence-corrected chi connectivity index (χ0v) is 16.3. The van der Waals surface area contributed by atoms with Crippen LogP contribution in [0.3, 0.4) is 0 Å². The highest BCUT2D eigenvalue weighted by Crippen LogP contribution is 2.14. The van der Waals surface area contributed by atoms with Crippen molar-refractivity contribution in [2.24, 2.45) is 0 Å². The molecule has 0 bridgehead atoms. The molecule has 0 fully saturated rings. The van der Waals surface area contributed by atoms with Crippen LogP contribution in [-0.4, -0.2) is 36.4 Å². The molecule has 28 heavy (non-hydrogen) atoms. The van der Waals surface area contributed by atoms with Gasteiger partial charge in [0.05, 0.1) is 22.0 Å². The number of aromatic nitrogens is 2. The second-order valence-corrected chi connectivity index (χ2v) is 8.52. The number of rotatable bonds is 6. The van der Waals surface area contributed by atoms with Crippen molar-refractivity contribution in [3.05, 3.63) is 77.4 Å². The monoisotopic (exact) mass is 401 g/mol. The predicted octanol–water partition coefficient (Wildman–Crippen LogP) is 2.83. The van der Waals surface area contributed by atoms with Gasteiger partial charge < -0.3 is 5.32 Å². The van der Waals surface area contributed by atoms with E-state index in [4.69, 9.17) is 0 Å². The number of benzene rings is 2. The molecule has 146 valence electrons. The molecule has 0 unspecified atom stereocenters. The van der Waals surface area contributed by atoms with E-state index in [-0.39, 0.29) is 23.1 Å². The third kappa shape index (κ3) is 4.45. The Morgan fingerprint density at radius 1 is 1.07 bits per heavy atom. The number of nitrogens with zero attached hydrogens (tertiary/aromatic N) is 2. The van der Waals surface area contributed by atoms with Crippen LogP contribution in [0.15, 0.2) is 59.5 Å². The van der Waals surface area contributed by atoms with E-state index in [9.17, 15) is 17.6 Å². The van der Waals surface area contributed by atoms with E-state index < -0.39 is 15.7 Å². The van der Waals surface area contributed by atoms with Crippen molar-refractivity contribution in [3.8, 4) is 5.69 Å². The van der Waals surface area contributed by atoms with Crippen LogP contribution in [0.2, 0.25) is 0 Å². The molecule has 1 N–H and O–H groups in total. The summed E-state index contributed by atoms with van der Waals surface area (Å²) in [5.41, 5.74) is 3.15. The van der Waals surface area contributed by atoms with Crippen molar-refractivity contribution >= 4 is 15.7 Å². The summed E-state index contributed by atoms with van der Waals surface area (Å²) in [7, 11) is -3.59. The quantitative estimate of drug-likeness (QED) is 0.644. The van der Waals surface area contributed by atoms with Crippen LogP contribution in [0.25, 0.3) is 5.69 Å². The molecule has 8 heteroatoms. The molecule has 1 aromatic heterocycles. The fourth-order valence-corrected chi connectivity index (χ4v) is 3.96. The van der Waals surface area contributed by atoms with Gasteiger partial charge in [-0.1, -0.05) is 0 Å². The molecule has 0 aliphatic rings. The molecule has 0 radical (unpaired) electrons. The first-order valence-corrected chi connectivity index (χ1v) is 10.3. The van der Waals surface area contributed by atoms with Gasteiger partial charge in [0.2, 0.25) is 0 Å². The van der Waals surface area contributed by atoms with Crippen molar-refractivity contribution in [1.82, 2.24) is 15.1 Å². The normalized spacial score (nSPS) is 11.4. The predicted molar refractivity (Wildman–Crippen MR) is 104 cm³/mol. The first-order chi connectivity index (χ1) is 13.3. The summed E-state index contributed by atoms with van der Waals surface area (Å²) in [6.45, 7) is 3.81. The highest BCUT2D eigenvalue weighted by Gasteiger charge is 2.15. The molecule has 0 spiro atoms. The van der Waals surface area contributed by atoms with Crippen molar-refractivity contribution in [2.45, 2.75) is 18.7 Å². The minimum Gasteiger partial charge on any atom is -0.351 e. The minimum absolute atomic E-state index is 0.0254. The van der Waals surface area contributed by atoms with Crippen molar-refractivity contribution < 1.29 is 17.6 Å². The smallest absolute Gasteiger partial charge is 0.251 e. The molecule has 1 heterocycles. The molecule has 3 rings (SSSR count). The van der Waals surface area contributed by atoms with Crippen LogP contribution < -0.4 is 5.32 Å². The van der Waals surface area contributed by atoms with E-state index in [1.807, 2.05) is 19.9 Å². The fraction of sp³-hybridized carbons (Fsp3) is 0.200. The van der Waals surface area contributed by atoms with Gasteiger partial charge in [-0.05, 0) is 68.4 Å². The lowest BCUT2D eigenvalue weighted by Crippen LogP contribution is -2.29. The Hall–Kier alpha value is -3.00. The maximum Gasteiger partial charge on any atom is 0.251 e. The Kier molecular flexibility index (Phi) is 5.60. The summed E-state index contributed by atoms with van der Waals surface area (Å²) in [5.74, 6) is -1.14. The Bertz CT molecular complexity index is 1090. The molecule has 0 saturated heterocycles. The fourth-order valence-electron chi connectivity index (χ4n) is 2.81. The van der Waals surface area contributed by atoms with Crippen LogP contribution in [0.4, 0.5) is 4.39 Å². The van der Waals surface area contributed by atoms with E-state index in [1.165, 1.54) is 12.1 Å². The lowest BCUT2D eigenvalue weighted by atomic mass is 10.2. The number of nitrogens with one attached hydrogen (secondary N) is 1. The molecular formula is C20H20FN3O3S. The SMILES string of the molecule is Cc1cc(C)n(-c2ccc(C(=O)NCCS(=O)(=O)c3ccc(F)cc3)cc2)n1. The van der Waals surface area contributed by atoms with Crippen LogP contribution >= 0.6 is 0 Å². The number of carbonyl (C=O) groups excluding carboxylic acids is 1. The van der Waals surface area contributed by atoms with Crippen LogP contribution in [0.1, 0.15) is 21.7 Å². The number of sulfone groups is 1. The molecule has 0 atom stereocenters. The van der Waals surface area contributed by atoms with Gasteiger partial charge in [0.25, 0.3) is 5.91 Å². The van der Waals surface area contributed by atoms with Gasteiger partial charge in [0, 0.05) is 17.8 Å². The first kappa shape index (κ1) is 19.8. The van der Waals surface area contributed by atoms with E-state index in [2.05, 4.69) is 10.4 Å². The Morgan fingerprint density at radius 2 is 1.71 bits per heavy atom. The summed E-state index contributed by atoms with van der Waals surface area (Å²) in [6.07, 6.45) is 0. The lowest BCUT2D eigenvalue weighted by Gasteiger charge is -2.08. The van der Waals surface area contributed by atoms with E-state index >= 15 is 0 Å². The van der Waals surface area contributed by atoms with Gasteiger partial charge in [-0.2, -0.15) is 5.10 Å². The van der Waals surface area contributed by atoms with Gasteiger partial charge in [0.1, 0.15) is 5.82 Å². The highest BCUT2D eigenvalue weighted by atomic mass is 32.2. The summed E-state index contributed by atoms with van der Waals surface area (Å²) < 4.78 is 39.1. The van der Waals surface area contributed by atoms with Crippen molar-refractivity contribution in [2.75, 3.05) is 12.3 Å². The molecule has 0 saturated carbocycles. The summed E-state index contributed by atoms with van der Waals surface area (Å²) in [4.78, 5) is 12.3. The third-order valence-electron chi connectivity index (χ3n) is 4.21. The van der Waals surface area contributed by atoms with E-state index in [0.29, 0.717) is 5.56 Å². The Morgan fingerprint density at radius 3 is 2.29 bits per heavy atom. The van der Waals surface area contributed by atoms with Crippen LogP contribution in [0, 0.1) is 19.7 Å². The number of hydrogen-bond acceptors (Lipinski definition) is 4. The Balaban J connectivity index is 1.60. The number of halogens is 1. The van der Waals surface area contributed by atoms with Crippen LogP contribution in [-0.2, 0) is 9.84 Å². The maximum absolute atomic E-state index is 12.9. The van der Waals surface area contributed by atoms with E-state index in [0.717, 1.165) is 29.2 Å². The number of amides is 1. The lowest BCUT2D eigenvalue weighted by molar-refractivity contribution is 0.0956. The zero-order valence-electron chi connectivity index (χ0n) is 15.5. The number of aryl methyl sites for hydroxylation is 2. The second-order valence-electron chi connectivity index (χ2n) is 6.41. The van der Waals surface area contributed by atoms with Crippen molar-refractivity contribution in [1.29, 1.82) is 0 Å².